The molecule has 0 saturated carbocycles. The Bertz CT molecular complexity index is 631. The fourth-order valence-corrected chi connectivity index (χ4v) is 1.64. The minimum absolute atomic E-state index is 0.748. The number of aromatic nitrogens is 4. The van der Waals surface area contributed by atoms with Crippen molar-refractivity contribution in [3.05, 3.63) is 30.9 Å². The monoisotopic (exact) mass is 200 g/mol. The van der Waals surface area contributed by atoms with E-state index in [-0.39, 0.29) is 0 Å². The second-order valence-corrected chi connectivity index (χ2v) is 3.13. The molecule has 3 rings (SSSR count). The Hall–Kier alpha value is -2.17. The maximum absolute atomic E-state index is 5.23. The molecule has 5 nitrogen and oxygen atoms in total. The van der Waals surface area contributed by atoms with Gasteiger partial charge in [0.15, 0.2) is 5.65 Å². The van der Waals surface area contributed by atoms with Gasteiger partial charge in [-0.3, -0.25) is 0 Å². The second kappa shape index (κ2) is 2.91. The van der Waals surface area contributed by atoms with Crippen molar-refractivity contribution in [2.45, 2.75) is 0 Å². The van der Waals surface area contributed by atoms with Crippen LogP contribution in [0.2, 0.25) is 0 Å². The fourth-order valence-electron chi connectivity index (χ4n) is 1.64. The van der Waals surface area contributed by atoms with Crippen LogP contribution in [0.1, 0.15) is 0 Å². The molecular weight excluding hydrogens is 192 g/mol. The second-order valence-electron chi connectivity index (χ2n) is 3.13. The SMILES string of the molecule is COc1cccc2c1ncn1ncnc21. The summed E-state index contributed by atoms with van der Waals surface area (Å²) < 4.78 is 6.87. The summed E-state index contributed by atoms with van der Waals surface area (Å²) in [4.78, 5) is 8.47. The highest BCUT2D eigenvalue weighted by molar-refractivity contribution is 5.94. The summed E-state index contributed by atoms with van der Waals surface area (Å²) >= 11 is 0. The largest absolute Gasteiger partial charge is 0.494 e. The molecule has 2 aromatic heterocycles. The Morgan fingerprint density at radius 3 is 3.07 bits per heavy atom. The molecule has 1 aromatic carbocycles. The van der Waals surface area contributed by atoms with Gasteiger partial charge in [0.2, 0.25) is 0 Å². The lowest BCUT2D eigenvalue weighted by Gasteiger charge is -2.03. The predicted octanol–water partition coefficient (Wildman–Crippen LogP) is 1.29. The average molecular weight is 200 g/mol. The van der Waals surface area contributed by atoms with Crippen LogP contribution >= 0.6 is 0 Å². The molecule has 0 bridgehead atoms. The minimum atomic E-state index is 0.748. The Morgan fingerprint density at radius 1 is 1.27 bits per heavy atom. The average Bonchev–Trinajstić information content (AvgIpc) is 2.76. The van der Waals surface area contributed by atoms with Gasteiger partial charge in [-0.15, -0.1) is 0 Å². The van der Waals surface area contributed by atoms with Crippen molar-refractivity contribution in [1.82, 2.24) is 19.6 Å². The fraction of sp³-hybridized carbons (Fsp3) is 0.100. The van der Waals surface area contributed by atoms with Crippen LogP contribution in [0.5, 0.6) is 5.75 Å². The molecule has 0 radical (unpaired) electrons. The van der Waals surface area contributed by atoms with Gasteiger partial charge in [0.25, 0.3) is 0 Å². The molecule has 0 atom stereocenters. The predicted molar refractivity (Wildman–Crippen MR) is 54.8 cm³/mol. The first-order chi connectivity index (χ1) is 7.40. The Labute approximate surface area is 85.3 Å². The van der Waals surface area contributed by atoms with Crippen molar-refractivity contribution >= 4 is 16.6 Å². The van der Waals surface area contributed by atoms with Crippen molar-refractivity contribution in [3.63, 3.8) is 0 Å². The quantitative estimate of drug-likeness (QED) is 0.593. The number of ether oxygens (including phenoxy) is 1. The van der Waals surface area contributed by atoms with E-state index >= 15 is 0 Å². The topological polar surface area (TPSA) is 52.3 Å². The van der Waals surface area contributed by atoms with E-state index in [1.165, 1.54) is 6.33 Å². The molecule has 3 aromatic rings. The third-order valence-electron chi connectivity index (χ3n) is 2.33. The number of para-hydroxylation sites is 1. The summed E-state index contributed by atoms with van der Waals surface area (Å²) in [6.45, 7) is 0. The molecule has 0 saturated heterocycles. The number of hydrogen-bond donors (Lipinski definition) is 0. The van der Waals surface area contributed by atoms with E-state index in [1.807, 2.05) is 18.2 Å². The van der Waals surface area contributed by atoms with Gasteiger partial charge in [-0.2, -0.15) is 5.10 Å². The number of hydrogen-bond acceptors (Lipinski definition) is 4. The van der Waals surface area contributed by atoms with Gasteiger partial charge in [0, 0.05) is 5.39 Å². The van der Waals surface area contributed by atoms with E-state index < -0.39 is 0 Å². The zero-order chi connectivity index (χ0) is 10.3. The van der Waals surface area contributed by atoms with Crippen LogP contribution in [0.15, 0.2) is 30.9 Å². The smallest absolute Gasteiger partial charge is 0.166 e. The van der Waals surface area contributed by atoms with Crippen molar-refractivity contribution in [2.75, 3.05) is 7.11 Å². The molecule has 5 heteroatoms. The van der Waals surface area contributed by atoms with Gasteiger partial charge in [0.1, 0.15) is 23.9 Å². The molecule has 0 spiro atoms. The van der Waals surface area contributed by atoms with Crippen molar-refractivity contribution in [1.29, 1.82) is 0 Å². The third kappa shape index (κ3) is 1.06. The maximum Gasteiger partial charge on any atom is 0.166 e. The van der Waals surface area contributed by atoms with E-state index in [2.05, 4.69) is 15.1 Å². The standard InChI is InChI=1S/C10H8N4O/c1-15-8-4-2-3-7-9(8)12-6-14-10(7)11-5-13-14/h2-6H,1H3. The van der Waals surface area contributed by atoms with E-state index in [4.69, 9.17) is 4.74 Å². The molecular formula is C10H8N4O. The van der Waals surface area contributed by atoms with Gasteiger partial charge < -0.3 is 4.74 Å². The summed E-state index contributed by atoms with van der Waals surface area (Å²) in [6, 6.07) is 5.74. The zero-order valence-corrected chi connectivity index (χ0v) is 8.08. The molecule has 0 N–H and O–H groups in total. The highest BCUT2D eigenvalue weighted by atomic mass is 16.5. The lowest BCUT2D eigenvalue weighted by Crippen LogP contribution is -1.93. The van der Waals surface area contributed by atoms with E-state index in [9.17, 15) is 0 Å². The van der Waals surface area contributed by atoms with Gasteiger partial charge in [-0.05, 0) is 12.1 Å². The van der Waals surface area contributed by atoms with Crippen molar-refractivity contribution in [3.8, 4) is 5.75 Å². The summed E-state index contributed by atoms with van der Waals surface area (Å²) in [5, 5.41) is 4.97. The first kappa shape index (κ1) is 8.16. The van der Waals surface area contributed by atoms with Gasteiger partial charge in [-0.25, -0.2) is 14.5 Å². The first-order valence-corrected chi connectivity index (χ1v) is 4.51. The summed E-state index contributed by atoms with van der Waals surface area (Å²) in [6.07, 6.45) is 3.14. The number of benzene rings is 1. The summed E-state index contributed by atoms with van der Waals surface area (Å²) in [7, 11) is 1.63. The van der Waals surface area contributed by atoms with Crippen LogP contribution in [0, 0.1) is 0 Å². The minimum Gasteiger partial charge on any atom is -0.494 e. The Kier molecular flexibility index (Phi) is 1.58. The van der Waals surface area contributed by atoms with Crippen LogP contribution in [0.4, 0.5) is 0 Å². The normalized spacial score (nSPS) is 11.0. The van der Waals surface area contributed by atoms with Crippen LogP contribution in [-0.2, 0) is 0 Å². The number of rotatable bonds is 1. The van der Waals surface area contributed by atoms with Gasteiger partial charge in [0.05, 0.1) is 7.11 Å². The molecule has 2 heterocycles. The Balaban J connectivity index is 2.53. The third-order valence-corrected chi connectivity index (χ3v) is 2.33. The van der Waals surface area contributed by atoms with Crippen LogP contribution < -0.4 is 4.74 Å². The van der Waals surface area contributed by atoms with Crippen molar-refractivity contribution in [2.24, 2.45) is 0 Å². The highest BCUT2D eigenvalue weighted by Gasteiger charge is 2.07. The molecule has 0 fully saturated rings. The lowest BCUT2D eigenvalue weighted by atomic mass is 10.2. The molecule has 0 aliphatic rings. The van der Waals surface area contributed by atoms with Crippen LogP contribution in [0.3, 0.4) is 0 Å². The molecule has 15 heavy (non-hydrogen) atoms. The number of nitrogens with zero attached hydrogens (tertiary/aromatic N) is 4. The molecule has 0 aliphatic carbocycles. The number of methoxy groups -OCH3 is 1. The van der Waals surface area contributed by atoms with E-state index in [0.717, 1.165) is 22.3 Å². The number of fused-ring (bicyclic) bond motifs is 3. The lowest BCUT2D eigenvalue weighted by molar-refractivity contribution is 0.419. The molecule has 0 aliphatic heterocycles. The van der Waals surface area contributed by atoms with E-state index in [0.29, 0.717) is 0 Å². The summed E-state index contributed by atoms with van der Waals surface area (Å²) in [5.41, 5.74) is 1.60. The molecule has 0 amide bonds. The summed E-state index contributed by atoms with van der Waals surface area (Å²) in [5.74, 6) is 0.748. The molecule has 74 valence electrons. The van der Waals surface area contributed by atoms with Crippen molar-refractivity contribution < 1.29 is 4.74 Å². The molecule has 0 unspecified atom stereocenters. The van der Waals surface area contributed by atoms with Crippen LogP contribution in [0.25, 0.3) is 16.6 Å². The zero-order valence-electron chi connectivity index (χ0n) is 8.08. The highest BCUT2D eigenvalue weighted by Crippen LogP contribution is 2.24. The van der Waals surface area contributed by atoms with E-state index in [1.54, 1.807) is 18.0 Å². The Morgan fingerprint density at radius 2 is 2.20 bits per heavy atom. The van der Waals surface area contributed by atoms with Gasteiger partial charge in [-0.1, -0.05) is 6.07 Å². The first-order valence-electron chi connectivity index (χ1n) is 4.51. The maximum atomic E-state index is 5.23. The van der Waals surface area contributed by atoms with Gasteiger partial charge >= 0.3 is 0 Å². The van der Waals surface area contributed by atoms with Crippen LogP contribution in [-0.4, -0.2) is 26.7 Å².